The van der Waals surface area contributed by atoms with E-state index in [4.69, 9.17) is 5.73 Å². The van der Waals surface area contributed by atoms with Gasteiger partial charge in [-0.1, -0.05) is 20.8 Å². The van der Waals surface area contributed by atoms with Crippen LogP contribution in [0.4, 0.5) is 0 Å². The molecule has 1 atom stereocenters. The number of aryl methyl sites for hydroxylation is 1. The Hall–Kier alpha value is -0.0300. The molecule has 1 aromatic rings. The molecule has 0 saturated carbocycles. The van der Waals surface area contributed by atoms with Gasteiger partial charge in [0.15, 0.2) is 0 Å². The van der Waals surface area contributed by atoms with Gasteiger partial charge in [-0.2, -0.15) is 11.8 Å². The molecule has 19 heavy (non-hydrogen) atoms. The number of rotatable bonds is 4. The maximum absolute atomic E-state index is 6.06. The van der Waals surface area contributed by atoms with Crippen LogP contribution < -0.4 is 5.73 Å². The van der Waals surface area contributed by atoms with E-state index in [9.17, 15) is 0 Å². The van der Waals surface area contributed by atoms with Crippen molar-refractivity contribution in [3.8, 4) is 0 Å². The van der Waals surface area contributed by atoms with E-state index in [1.54, 1.807) is 0 Å². The van der Waals surface area contributed by atoms with Crippen molar-refractivity contribution in [2.24, 2.45) is 5.73 Å². The highest BCUT2D eigenvalue weighted by atomic mass is 32.2. The summed E-state index contributed by atoms with van der Waals surface area (Å²) in [7, 11) is 0. The number of nitrogens with two attached hydrogens (primary N) is 1. The molecule has 2 nitrogen and oxygen atoms in total. The van der Waals surface area contributed by atoms with Gasteiger partial charge in [-0.05, 0) is 25.0 Å². The van der Waals surface area contributed by atoms with Gasteiger partial charge in [0.25, 0.3) is 0 Å². The number of thioether (sulfide) groups is 1. The van der Waals surface area contributed by atoms with Crippen molar-refractivity contribution in [1.29, 1.82) is 0 Å². The molecule has 1 aliphatic rings. The number of hydrogen-bond donors (Lipinski definition) is 1. The Bertz CT molecular complexity index is 401. The summed E-state index contributed by atoms with van der Waals surface area (Å²) < 4.78 is 0.415. The van der Waals surface area contributed by atoms with Gasteiger partial charge in [0.2, 0.25) is 0 Å². The second kappa shape index (κ2) is 6.61. The minimum Gasteiger partial charge on any atom is -0.329 e. The van der Waals surface area contributed by atoms with Crippen molar-refractivity contribution in [2.75, 3.05) is 25.4 Å². The van der Waals surface area contributed by atoms with Crippen LogP contribution >= 0.6 is 23.1 Å². The molecule has 0 bridgehead atoms. The third kappa shape index (κ3) is 3.97. The molecule has 1 aromatic heterocycles. The quantitative estimate of drug-likeness (QED) is 0.922. The molecular weight excluding hydrogens is 272 g/mol. The van der Waals surface area contributed by atoms with Gasteiger partial charge in [0, 0.05) is 39.9 Å². The van der Waals surface area contributed by atoms with Crippen LogP contribution in [-0.2, 0) is 6.42 Å². The van der Waals surface area contributed by atoms with Crippen LogP contribution in [0.5, 0.6) is 0 Å². The SMILES string of the molecule is CCc1ccc(C(CN)N2CCSC(C)(C)CC2)s1. The predicted octanol–water partition coefficient (Wildman–Crippen LogP) is 3.53. The zero-order valence-electron chi connectivity index (χ0n) is 12.3. The Morgan fingerprint density at radius 2 is 2.16 bits per heavy atom. The van der Waals surface area contributed by atoms with E-state index in [-0.39, 0.29) is 0 Å². The zero-order valence-corrected chi connectivity index (χ0v) is 13.9. The van der Waals surface area contributed by atoms with Gasteiger partial charge in [-0.3, -0.25) is 4.90 Å². The molecule has 2 N–H and O–H groups in total. The molecule has 1 aliphatic heterocycles. The molecule has 0 aliphatic carbocycles. The fourth-order valence-corrected chi connectivity index (χ4v) is 4.77. The summed E-state index contributed by atoms with van der Waals surface area (Å²) in [5, 5.41) is 0. The summed E-state index contributed by atoms with van der Waals surface area (Å²) in [5.41, 5.74) is 6.06. The fourth-order valence-electron chi connectivity index (χ4n) is 2.56. The number of nitrogens with zero attached hydrogens (tertiary/aromatic N) is 1. The second-order valence-corrected chi connectivity index (χ2v) is 8.81. The Morgan fingerprint density at radius 3 is 2.79 bits per heavy atom. The maximum atomic E-state index is 6.06. The van der Waals surface area contributed by atoms with Gasteiger partial charge in [0.05, 0.1) is 6.04 Å². The van der Waals surface area contributed by atoms with Crippen LogP contribution in [0.25, 0.3) is 0 Å². The standard InChI is InChI=1S/C15H26N2S2/c1-4-12-5-6-14(19-12)13(11-16)17-8-7-15(2,3)18-10-9-17/h5-6,13H,4,7-11,16H2,1-3H3. The van der Waals surface area contributed by atoms with Crippen LogP contribution in [0.3, 0.4) is 0 Å². The third-order valence-electron chi connectivity index (χ3n) is 3.90. The van der Waals surface area contributed by atoms with Crippen molar-refractivity contribution >= 4 is 23.1 Å². The molecule has 0 amide bonds. The van der Waals surface area contributed by atoms with Gasteiger partial charge in [-0.25, -0.2) is 0 Å². The molecule has 0 radical (unpaired) electrons. The lowest BCUT2D eigenvalue weighted by molar-refractivity contribution is 0.213. The monoisotopic (exact) mass is 298 g/mol. The van der Waals surface area contributed by atoms with Crippen LogP contribution in [0, 0.1) is 0 Å². The number of hydrogen-bond acceptors (Lipinski definition) is 4. The zero-order chi connectivity index (χ0) is 13.9. The first kappa shape index (κ1) is 15.4. The van der Waals surface area contributed by atoms with E-state index in [1.807, 2.05) is 11.3 Å². The predicted molar refractivity (Wildman–Crippen MR) is 88.2 cm³/mol. The van der Waals surface area contributed by atoms with Crippen LogP contribution in [-0.4, -0.2) is 35.0 Å². The minimum atomic E-state index is 0.415. The topological polar surface area (TPSA) is 29.3 Å². The smallest absolute Gasteiger partial charge is 0.0564 e. The van der Waals surface area contributed by atoms with E-state index >= 15 is 0 Å². The summed E-state index contributed by atoms with van der Waals surface area (Å²) in [6.45, 7) is 10.0. The van der Waals surface area contributed by atoms with Gasteiger partial charge in [0.1, 0.15) is 0 Å². The molecule has 0 aromatic carbocycles. The van der Waals surface area contributed by atoms with E-state index in [0.29, 0.717) is 10.8 Å². The first-order chi connectivity index (χ1) is 9.05. The van der Waals surface area contributed by atoms with Crippen molar-refractivity contribution in [3.63, 3.8) is 0 Å². The normalized spacial score (nSPS) is 22.1. The highest BCUT2D eigenvalue weighted by Crippen LogP contribution is 2.34. The van der Waals surface area contributed by atoms with Crippen LogP contribution in [0.2, 0.25) is 0 Å². The Kier molecular flexibility index (Phi) is 5.35. The summed E-state index contributed by atoms with van der Waals surface area (Å²) >= 11 is 4.04. The highest BCUT2D eigenvalue weighted by Gasteiger charge is 2.28. The molecule has 108 valence electrons. The average Bonchev–Trinajstić information content (AvgIpc) is 2.77. The van der Waals surface area contributed by atoms with Crippen LogP contribution in [0.1, 0.15) is 43.0 Å². The van der Waals surface area contributed by atoms with Crippen LogP contribution in [0.15, 0.2) is 12.1 Å². The van der Waals surface area contributed by atoms with Crippen molar-refractivity contribution < 1.29 is 0 Å². The van der Waals surface area contributed by atoms with E-state index in [0.717, 1.165) is 19.5 Å². The van der Waals surface area contributed by atoms with E-state index in [1.165, 1.54) is 28.5 Å². The van der Waals surface area contributed by atoms with Crippen molar-refractivity contribution in [1.82, 2.24) is 4.90 Å². The lowest BCUT2D eigenvalue weighted by Crippen LogP contribution is -2.35. The fraction of sp³-hybridized carbons (Fsp3) is 0.733. The molecule has 1 unspecified atom stereocenters. The summed E-state index contributed by atoms with van der Waals surface area (Å²) in [6, 6.07) is 4.96. The first-order valence-corrected chi connectivity index (χ1v) is 9.02. The van der Waals surface area contributed by atoms with Gasteiger partial charge >= 0.3 is 0 Å². The third-order valence-corrected chi connectivity index (χ3v) is 6.60. The minimum absolute atomic E-state index is 0.415. The Morgan fingerprint density at radius 1 is 1.37 bits per heavy atom. The molecule has 2 heterocycles. The summed E-state index contributed by atoms with van der Waals surface area (Å²) in [4.78, 5) is 5.51. The Balaban J connectivity index is 2.08. The van der Waals surface area contributed by atoms with Gasteiger partial charge < -0.3 is 5.73 Å². The molecular formula is C15H26N2S2. The second-order valence-electron chi connectivity index (χ2n) is 5.80. The summed E-state index contributed by atoms with van der Waals surface area (Å²) in [6.07, 6.45) is 2.38. The number of thiophene rings is 1. The Labute approximate surface area is 125 Å². The molecule has 4 heteroatoms. The van der Waals surface area contributed by atoms with E-state index in [2.05, 4.69) is 49.6 Å². The molecule has 1 fully saturated rings. The molecule has 2 rings (SSSR count). The van der Waals surface area contributed by atoms with Crippen molar-refractivity contribution in [2.45, 2.75) is 44.4 Å². The lowest BCUT2D eigenvalue weighted by atomic mass is 10.1. The summed E-state index contributed by atoms with van der Waals surface area (Å²) in [5.74, 6) is 1.22. The first-order valence-electron chi connectivity index (χ1n) is 7.22. The highest BCUT2D eigenvalue weighted by molar-refractivity contribution is 8.00. The molecule has 1 saturated heterocycles. The lowest BCUT2D eigenvalue weighted by Gasteiger charge is -2.29. The largest absolute Gasteiger partial charge is 0.329 e. The maximum Gasteiger partial charge on any atom is 0.0564 e. The van der Waals surface area contributed by atoms with E-state index < -0.39 is 0 Å². The molecule has 0 spiro atoms. The van der Waals surface area contributed by atoms with Crippen molar-refractivity contribution in [3.05, 3.63) is 21.9 Å². The average molecular weight is 299 g/mol. The van der Waals surface area contributed by atoms with Gasteiger partial charge in [-0.15, -0.1) is 11.3 Å².